The van der Waals surface area contributed by atoms with E-state index in [9.17, 15) is 22.0 Å². The van der Waals surface area contributed by atoms with E-state index in [2.05, 4.69) is 0 Å². The van der Waals surface area contributed by atoms with Crippen molar-refractivity contribution in [3.8, 4) is 0 Å². The molecule has 0 N–H and O–H groups in total. The van der Waals surface area contributed by atoms with Crippen LogP contribution in [-0.4, -0.2) is 51.5 Å². The number of halogens is 2. The molecule has 8 heteroatoms. The molecule has 1 aliphatic heterocycles. The van der Waals surface area contributed by atoms with E-state index in [1.165, 1.54) is 29.2 Å². The van der Waals surface area contributed by atoms with Crippen molar-refractivity contribution < 1.29 is 26.7 Å². The number of alkyl halides is 2. The standard InChI is InChI=1S/C19H19F2NO4S/c20-18(21)12-26-16-10-22(11-16)19(23)15-7-4-8-17(9-15)27(24,25)13-14-5-2-1-3-6-14/h1-9,16,18H,10-13H2. The smallest absolute Gasteiger partial charge is 0.261 e. The minimum Gasteiger partial charge on any atom is -0.369 e. The molecule has 0 saturated carbocycles. The topological polar surface area (TPSA) is 63.7 Å². The number of carbonyl (C=O) groups excluding carboxylic acids is 1. The van der Waals surface area contributed by atoms with Crippen molar-refractivity contribution in [2.75, 3.05) is 19.7 Å². The maximum absolute atomic E-state index is 12.6. The van der Waals surface area contributed by atoms with Crippen LogP contribution in [0.5, 0.6) is 0 Å². The summed E-state index contributed by atoms with van der Waals surface area (Å²) in [5, 5.41) is 0. The van der Waals surface area contributed by atoms with E-state index >= 15 is 0 Å². The number of ether oxygens (including phenoxy) is 1. The van der Waals surface area contributed by atoms with E-state index in [0.717, 1.165) is 0 Å². The van der Waals surface area contributed by atoms with Crippen LogP contribution in [0.25, 0.3) is 0 Å². The van der Waals surface area contributed by atoms with Crippen LogP contribution >= 0.6 is 0 Å². The molecule has 0 aliphatic carbocycles. The lowest BCUT2D eigenvalue weighted by atomic mass is 10.1. The van der Waals surface area contributed by atoms with Gasteiger partial charge in [-0.1, -0.05) is 36.4 Å². The Bertz CT molecular complexity index is 897. The Labute approximate surface area is 156 Å². The molecule has 1 heterocycles. The van der Waals surface area contributed by atoms with Crippen molar-refractivity contribution in [2.45, 2.75) is 23.2 Å². The lowest BCUT2D eigenvalue weighted by Gasteiger charge is -2.38. The maximum atomic E-state index is 12.6. The molecular weight excluding hydrogens is 376 g/mol. The number of sulfone groups is 1. The fourth-order valence-electron chi connectivity index (χ4n) is 2.80. The normalized spacial score (nSPS) is 15.0. The molecule has 3 rings (SSSR count). The molecule has 1 amide bonds. The fraction of sp³-hybridized carbons (Fsp3) is 0.316. The van der Waals surface area contributed by atoms with Gasteiger partial charge in [-0.25, -0.2) is 17.2 Å². The van der Waals surface area contributed by atoms with E-state index in [-0.39, 0.29) is 35.2 Å². The summed E-state index contributed by atoms with van der Waals surface area (Å²) in [6.07, 6.45) is -2.95. The fourth-order valence-corrected chi connectivity index (χ4v) is 4.19. The highest BCUT2D eigenvalue weighted by molar-refractivity contribution is 7.90. The van der Waals surface area contributed by atoms with Crippen molar-refractivity contribution >= 4 is 15.7 Å². The van der Waals surface area contributed by atoms with Crippen molar-refractivity contribution in [1.82, 2.24) is 4.90 Å². The second kappa shape index (κ2) is 8.14. The van der Waals surface area contributed by atoms with Crippen molar-refractivity contribution in [3.05, 3.63) is 65.7 Å². The zero-order chi connectivity index (χ0) is 19.4. The number of rotatable bonds is 7. The average Bonchev–Trinajstić information content (AvgIpc) is 2.60. The molecular formula is C19H19F2NO4S. The molecule has 0 spiro atoms. The van der Waals surface area contributed by atoms with Gasteiger partial charge in [0.1, 0.15) is 6.61 Å². The van der Waals surface area contributed by atoms with Gasteiger partial charge < -0.3 is 9.64 Å². The van der Waals surface area contributed by atoms with Crippen molar-refractivity contribution in [3.63, 3.8) is 0 Å². The lowest BCUT2D eigenvalue weighted by molar-refractivity contribution is -0.0775. The molecule has 0 atom stereocenters. The van der Waals surface area contributed by atoms with Gasteiger partial charge in [-0.3, -0.25) is 4.79 Å². The number of likely N-dealkylation sites (tertiary alicyclic amines) is 1. The van der Waals surface area contributed by atoms with Gasteiger partial charge in [0.2, 0.25) is 0 Å². The maximum Gasteiger partial charge on any atom is 0.261 e. The van der Waals surface area contributed by atoms with Crippen LogP contribution in [0.2, 0.25) is 0 Å². The van der Waals surface area contributed by atoms with E-state index in [4.69, 9.17) is 4.74 Å². The van der Waals surface area contributed by atoms with Crippen LogP contribution in [0.3, 0.4) is 0 Å². The molecule has 1 aliphatic rings. The summed E-state index contributed by atoms with van der Waals surface area (Å²) >= 11 is 0. The molecule has 0 radical (unpaired) electrons. The molecule has 2 aromatic carbocycles. The van der Waals surface area contributed by atoms with Crippen molar-refractivity contribution in [1.29, 1.82) is 0 Å². The summed E-state index contributed by atoms with van der Waals surface area (Å²) in [6.45, 7) is -0.223. The lowest BCUT2D eigenvalue weighted by Crippen LogP contribution is -2.55. The van der Waals surface area contributed by atoms with Gasteiger partial charge in [0.25, 0.3) is 12.3 Å². The first-order valence-corrected chi connectivity index (χ1v) is 10.1. The second-order valence-corrected chi connectivity index (χ2v) is 8.32. The highest BCUT2D eigenvalue weighted by Gasteiger charge is 2.32. The van der Waals surface area contributed by atoms with Crippen LogP contribution < -0.4 is 0 Å². The van der Waals surface area contributed by atoms with Gasteiger partial charge in [0.05, 0.1) is 16.8 Å². The molecule has 0 unspecified atom stereocenters. The minimum atomic E-state index is -3.59. The molecule has 5 nitrogen and oxygen atoms in total. The van der Waals surface area contributed by atoms with Gasteiger partial charge in [-0.05, 0) is 23.8 Å². The number of hydrogen-bond acceptors (Lipinski definition) is 4. The average molecular weight is 395 g/mol. The summed E-state index contributed by atoms with van der Waals surface area (Å²) in [5.74, 6) is -0.498. The summed E-state index contributed by atoms with van der Waals surface area (Å²) < 4.78 is 54.4. The number of amides is 1. The van der Waals surface area contributed by atoms with Gasteiger partial charge in [0.15, 0.2) is 9.84 Å². The number of benzene rings is 2. The zero-order valence-electron chi connectivity index (χ0n) is 14.4. The second-order valence-electron chi connectivity index (χ2n) is 6.33. The highest BCUT2D eigenvalue weighted by atomic mass is 32.2. The van der Waals surface area contributed by atoms with Crippen LogP contribution in [0.1, 0.15) is 15.9 Å². The molecule has 0 aromatic heterocycles. The van der Waals surface area contributed by atoms with E-state index in [1.807, 2.05) is 0 Å². The molecule has 0 bridgehead atoms. The first kappa shape index (κ1) is 19.4. The molecule has 1 fully saturated rings. The first-order valence-electron chi connectivity index (χ1n) is 8.41. The predicted molar refractivity (Wildman–Crippen MR) is 95.4 cm³/mol. The highest BCUT2D eigenvalue weighted by Crippen LogP contribution is 2.21. The SMILES string of the molecule is O=C(c1cccc(S(=O)(=O)Cc2ccccc2)c1)N1CC(OCC(F)F)C1. The molecule has 2 aromatic rings. The Kier molecular flexibility index (Phi) is 5.86. The number of carbonyl (C=O) groups is 1. The predicted octanol–water partition coefficient (Wildman–Crippen LogP) is 2.77. The number of hydrogen-bond donors (Lipinski definition) is 0. The third-order valence-corrected chi connectivity index (χ3v) is 5.92. The van der Waals surface area contributed by atoms with E-state index in [0.29, 0.717) is 5.56 Å². The molecule has 27 heavy (non-hydrogen) atoms. The summed E-state index contributed by atoms with van der Waals surface area (Å²) in [7, 11) is -3.59. The van der Waals surface area contributed by atoms with Crippen LogP contribution in [0.15, 0.2) is 59.5 Å². The molecule has 1 saturated heterocycles. The number of nitrogens with zero attached hydrogens (tertiary/aromatic N) is 1. The van der Waals surface area contributed by atoms with E-state index < -0.39 is 29.0 Å². The van der Waals surface area contributed by atoms with Crippen LogP contribution in [-0.2, 0) is 20.3 Å². The van der Waals surface area contributed by atoms with Gasteiger partial charge in [-0.2, -0.15) is 0 Å². The Morgan fingerprint density at radius 3 is 2.48 bits per heavy atom. The van der Waals surface area contributed by atoms with E-state index in [1.54, 1.807) is 30.3 Å². The Morgan fingerprint density at radius 1 is 1.11 bits per heavy atom. The summed E-state index contributed by atoms with van der Waals surface area (Å²) in [4.78, 5) is 14.0. The van der Waals surface area contributed by atoms with Crippen LogP contribution in [0, 0.1) is 0 Å². The van der Waals surface area contributed by atoms with Gasteiger partial charge in [-0.15, -0.1) is 0 Å². The van der Waals surface area contributed by atoms with Crippen LogP contribution in [0.4, 0.5) is 8.78 Å². The summed E-state index contributed by atoms with van der Waals surface area (Å²) in [5.41, 5.74) is 0.910. The Hall–Kier alpha value is -2.32. The molecule has 144 valence electrons. The third kappa shape index (κ3) is 4.90. The Balaban J connectivity index is 1.66. The van der Waals surface area contributed by atoms with Crippen molar-refractivity contribution in [2.24, 2.45) is 0 Å². The zero-order valence-corrected chi connectivity index (χ0v) is 15.2. The largest absolute Gasteiger partial charge is 0.369 e. The van der Waals surface area contributed by atoms with Gasteiger partial charge in [0, 0.05) is 18.7 Å². The third-order valence-electron chi connectivity index (χ3n) is 4.23. The summed E-state index contributed by atoms with van der Waals surface area (Å²) in [6, 6.07) is 14.7. The minimum absolute atomic E-state index is 0.0724. The Morgan fingerprint density at radius 2 is 1.81 bits per heavy atom. The quantitative estimate of drug-likeness (QED) is 0.723. The first-order chi connectivity index (χ1) is 12.8. The van der Waals surface area contributed by atoms with Gasteiger partial charge >= 0.3 is 0 Å². The monoisotopic (exact) mass is 395 g/mol.